The predicted octanol–water partition coefficient (Wildman–Crippen LogP) is 2.93. The van der Waals surface area contributed by atoms with Gasteiger partial charge >= 0.3 is 6.18 Å². The normalized spacial score (nSPS) is 23.2. The third-order valence-corrected chi connectivity index (χ3v) is 3.73. The Labute approximate surface area is 119 Å². The van der Waals surface area contributed by atoms with E-state index in [1.807, 2.05) is 11.8 Å². The van der Waals surface area contributed by atoms with Gasteiger partial charge in [0.2, 0.25) is 0 Å². The highest BCUT2D eigenvalue weighted by Gasteiger charge is 2.39. The van der Waals surface area contributed by atoms with Gasteiger partial charge < -0.3 is 10.6 Å². The first-order chi connectivity index (χ1) is 9.70. The summed E-state index contributed by atoms with van der Waals surface area (Å²) in [6, 6.07) is 3.17. The zero-order valence-electron chi connectivity index (χ0n) is 11.4. The number of alkyl halides is 3. The van der Waals surface area contributed by atoms with Crippen LogP contribution >= 0.6 is 0 Å². The maximum Gasteiger partial charge on any atom is 0.423 e. The van der Waals surface area contributed by atoms with Gasteiger partial charge in [0.25, 0.3) is 5.69 Å². The molecule has 2 unspecified atom stereocenters. The Morgan fingerprint density at radius 2 is 2.10 bits per heavy atom. The number of rotatable bonds is 2. The molecule has 1 heterocycles. The fourth-order valence-corrected chi connectivity index (χ4v) is 2.68. The van der Waals surface area contributed by atoms with Crippen molar-refractivity contribution in [1.29, 1.82) is 0 Å². The molecule has 0 saturated carbocycles. The Morgan fingerprint density at radius 1 is 1.43 bits per heavy atom. The average Bonchev–Trinajstić information content (AvgIpc) is 2.37. The molecule has 0 bridgehead atoms. The van der Waals surface area contributed by atoms with Crippen LogP contribution in [0.2, 0.25) is 0 Å². The third-order valence-electron chi connectivity index (χ3n) is 3.73. The van der Waals surface area contributed by atoms with E-state index in [1.54, 1.807) is 0 Å². The molecule has 8 heteroatoms. The van der Waals surface area contributed by atoms with Crippen LogP contribution in [-0.4, -0.2) is 23.6 Å². The van der Waals surface area contributed by atoms with Gasteiger partial charge in [0.15, 0.2) is 0 Å². The summed E-state index contributed by atoms with van der Waals surface area (Å²) in [5, 5.41) is 10.7. The number of nitro groups is 1. The van der Waals surface area contributed by atoms with E-state index in [0.717, 1.165) is 12.1 Å². The van der Waals surface area contributed by atoms with Crippen molar-refractivity contribution in [3.63, 3.8) is 0 Å². The van der Waals surface area contributed by atoms with Crippen LogP contribution < -0.4 is 10.6 Å². The fraction of sp³-hybridized carbons (Fsp3) is 0.538. The van der Waals surface area contributed by atoms with Crippen LogP contribution in [0.25, 0.3) is 0 Å². The maximum absolute atomic E-state index is 13.0. The SMILES string of the molecule is CC1CC(N)CCN1c1ccc([N+](=O)[O-])c(C(F)(F)F)c1. The quantitative estimate of drug-likeness (QED) is 0.673. The van der Waals surface area contributed by atoms with Crippen LogP contribution in [0.15, 0.2) is 18.2 Å². The molecule has 1 fully saturated rings. The van der Waals surface area contributed by atoms with Crippen molar-refractivity contribution in [2.24, 2.45) is 5.73 Å². The number of hydrogen-bond donors (Lipinski definition) is 1. The van der Waals surface area contributed by atoms with E-state index in [0.29, 0.717) is 25.1 Å². The third kappa shape index (κ3) is 3.26. The smallest absolute Gasteiger partial charge is 0.369 e. The minimum atomic E-state index is -4.76. The maximum atomic E-state index is 13.0. The molecule has 1 aliphatic rings. The van der Waals surface area contributed by atoms with Crippen molar-refractivity contribution in [2.75, 3.05) is 11.4 Å². The van der Waals surface area contributed by atoms with E-state index >= 15 is 0 Å². The van der Waals surface area contributed by atoms with Crippen molar-refractivity contribution in [1.82, 2.24) is 0 Å². The van der Waals surface area contributed by atoms with Gasteiger partial charge in [0.1, 0.15) is 5.56 Å². The lowest BCUT2D eigenvalue weighted by atomic mass is 9.98. The monoisotopic (exact) mass is 303 g/mol. The molecule has 21 heavy (non-hydrogen) atoms. The van der Waals surface area contributed by atoms with Gasteiger partial charge in [0, 0.05) is 30.4 Å². The first kappa shape index (κ1) is 15.6. The minimum absolute atomic E-state index is 0.00344. The second-order valence-electron chi connectivity index (χ2n) is 5.28. The molecule has 0 spiro atoms. The zero-order valence-corrected chi connectivity index (χ0v) is 11.4. The van der Waals surface area contributed by atoms with Gasteiger partial charge in [0.05, 0.1) is 4.92 Å². The highest BCUT2D eigenvalue weighted by Crippen LogP contribution is 2.39. The summed E-state index contributed by atoms with van der Waals surface area (Å²) in [4.78, 5) is 11.5. The summed E-state index contributed by atoms with van der Waals surface area (Å²) < 4.78 is 38.9. The van der Waals surface area contributed by atoms with Crippen LogP contribution in [0.5, 0.6) is 0 Å². The summed E-state index contributed by atoms with van der Waals surface area (Å²) in [6.45, 7) is 2.42. The molecule has 0 amide bonds. The molecule has 1 aliphatic heterocycles. The van der Waals surface area contributed by atoms with Crippen LogP contribution in [0.4, 0.5) is 24.5 Å². The molecule has 0 aromatic heterocycles. The molecular formula is C13H16F3N3O2. The molecule has 2 N–H and O–H groups in total. The molecule has 1 aromatic rings. The van der Waals surface area contributed by atoms with E-state index < -0.39 is 22.4 Å². The van der Waals surface area contributed by atoms with Crippen molar-refractivity contribution in [3.05, 3.63) is 33.9 Å². The Balaban J connectivity index is 2.40. The van der Waals surface area contributed by atoms with Crippen molar-refractivity contribution in [2.45, 2.75) is 38.0 Å². The number of halogens is 3. The molecule has 2 atom stereocenters. The summed E-state index contributed by atoms with van der Waals surface area (Å²) >= 11 is 0. The fourth-order valence-electron chi connectivity index (χ4n) is 2.68. The second-order valence-corrected chi connectivity index (χ2v) is 5.28. The first-order valence-electron chi connectivity index (χ1n) is 6.58. The van der Waals surface area contributed by atoms with E-state index in [-0.39, 0.29) is 12.1 Å². The Bertz CT molecular complexity index is 548. The van der Waals surface area contributed by atoms with E-state index in [1.165, 1.54) is 6.07 Å². The number of nitro benzene ring substituents is 1. The number of nitrogens with two attached hydrogens (primary N) is 1. The van der Waals surface area contributed by atoms with E-state index in [9.17, 15) is 23.3 Å². The highest BCUT2D eigenvalue weighted by atomic mass is 19.4. The molecule has 5 nitrogen and oxygen atoms in total. The van der Waals surface area contributed by atoms with Crippen molar-refractivity contribution in [3.8, 4) is 0 Å². The first-order valence-corrected chi connectivity index (χ1v) is 6.58. The number of hydrogen-bond acceptors (Lipinski definition) is 4. The zero-order chi connectivity index (χ0) is 15.8. The number of benzene rings is 1. The summed E-state index contributed by atoms with van der Waals surface area (Å²) in [5.41, 5.74) is 4.03. The Kier molecular flexibility index (Phi) is 4.08. The molecule has 116 valence electrons. The molecular weight excluding hydrogens is 287 g/mol. The molecule has 2 rings (SSSR count). The Morgan fingerprint density at radius 3 is 2.62 bits per heavy atom. The van der Waals surface area contributed by atoms with Gasteiger partial charge in [-0.15, -0.1) is 0 Å². The molecule has 0 radical (unpaired) electrons. The van der Waals surface area contributed by atoms with Gasteiger partial charge in [-0.05, 0) is 31.9 Å². The van der Waals surface area contributed by atoms with Crippen molar-refractivity contribution < 1.29 is 18.1 Å². The van der Waals surface area contributed by atoms with Gasteiger partial charge in [-0.3, -0.25) is 10.1 Å². The lowest BCUT2D eigenvalue weighted by Gasteiger charge is -2.38. The lowest BCUT2D eigenvalue weighted by Crippen LogP contribution is -2.45. The highest BCUT2D eigenvalue weighted by molar-refractivity contribution is 5.57. The van der Waals surface area contributed by atoms with E-state index in [2.05, 4.69) is 0 Å². The van der Waals surface area contributed by atoms with Crippen LogP contribution in [0.3, 0.4) is 0 Å². The number of anilines is 1. The Hall–Kier alpha value is -1.83. The summed E-state index contributed by atoms with van der Waals surface area (Å²) in [5.74, 6) is 0. The standard InChI is InChI=1S/C13H16F3N3O2/c1-8-6-9(17)4-5-18(8)10-2-3-12(19(20)21)11(7-10)13(14,15)16/h2-3,7-9H,4-6,17H2,1H3. The van der Waals surface area contributed by atoms with Crippen LogP contribution in [-0.2, 0) is 6.18 Å². The van der Waals surface area contributed by atoms with Gasteiger partial charge in [-0.25, -0.2) is 0 Å². The lowest BCUT2D eigenvalue weighted by molar-refractivity contribution is -0.388. The van der Waals surface area contributed by atoms with Gasteiger partial charge in [-0.2, -0.15) is 13.2 Å². The molecule has 0 aliphatic carbocycles. The number of piperidine rings is 1. The van der Waals surface area contributed by atoms with E-state index in [4.69, 9.17) is 5.73 Å². The minimum Gasteiger partial charge on any atom is -0.369 e. The predicted molar refractivity (Wildman–Crippen MR) is 72.1 cm³/mol. The molecule has 1 aromatic carbocycles. The second kappa shape index (κ2) is 5.51. The van der Waals surface area contributed by atoms with Crippen molar-refractivity contribution >= 4 is 11.4 Å². The van der Waals surface area contributed by atoms with Crippen LogP contribution in [0, 0.1) is 10.1 Å². The summed E-state index contributed by atoms with van der Waals surface area (Å²) in [6.07, 6.45) is -3.39. The average molecular weight is 303 g/mol. The topological polar surface area (TPSA) is 72.4 Å². The summed E-state index contributed by atoms with van der Waals surface area (Å²) in [7, 11) is 0. The molecule has 1 saturated heterocycles. The van der Waals surface area contributed by atoms with Gasteiger partial charge in [-0.1, -0.05) is 0 Å². The largest absolute Gasteiger partial charge is 0.423 e. The van der Waals surface area contributed by atoms with Crippen LogP contribution in [0.1, 0.15) is 25.3 Å². The number of nitrogens with zero attached hydrogens (tertiary/aromatic N) is 2.